The molecule has 0 saturated carbocycles. The molecule has 0 aliphatic carbocycles. The minimum absolute atomic E-state index is 0.00157. The summed E-state index contributed by atoms with van der Waals surface area (Å²) in [5.41, 5.74) is 1.72. The first-order valence-corrected chi connectivity index (χ1v) is 7.24. The fourth-order valence-corrected chi connectivity index (χ4v) is 2.66. The van der Waals surface area contributed by atoms with Crippen molar-refractivity contribution in [2.24, 2.45) is 5.92 Å². The summed E-state index contributed by atoms with van der Waals surface area (Å²) < 4.78 is 5.42. The van der Waals surface area contributed by atoms with Gasteiger partial charge in [-0.3, -0.25) is 9.78 Å². The number of carbonyl (C=O) groups is 1. The zero-order valence-electron chi connectivity index (χ0n) is 12.0. The van der Waals surface area contributed by atoms with Crippen molar-refractivity contribution in [1.29, 1.82) is 0 Å². The molecular formula is C16H19N3O2. The van der Waals surface area contributed by atoms with Crippen LogP contribution in [0.4, 0.5) is 5.69 Å². The van der Waals surface area contributed by atoms with Gasteiger partial charge in [-0.2, -0.15) is 0 Å². The number of hydrogen-bond donors (Lipinski definition) is 2. The molecule has 3 rings (SSSR count). The van der Waals surface area contributed by atoms with Crippen molar-refractivity contribution in [2.45, 2.75) is 13.0 Å². The molecule has 1 fully saturated rings. The van der Waals surface area contributed by atoms with Gasteiger partial charge in [0, 0.05) is 23.3 Å². The van der Waals surface area contributed by atoms with Gasteiger partial charge in [0.15, 0.2) is 0 Å². The number of nitrogens with zero attached hydrogens (tertiary/aromatic N) is 1. The van der Waals surface area contributed by atoms with E-state index in [4.69, 9.17) is 4.74 Å². The van der Waals surface area contributed by atoms with E-state index in [1.165, 1.54) is 0 Å². The quantitative estimate of drug-likeness (QED) is 0.899. The molecule has 1 amide bonds. The van der Waals surface area contributed by atoms with Crippen LogP contribution < -0.4 is 10.6 Å². The van der Waals surface area contributed by atoms with Gasteiger partial charge in [-0.1, -0.05) is 13.0 Å². The number of pyridine rings is 1. The summed E-state index contributed by atoms with van der Waals surface area (Å²) in [6.45, 7) is 3.93. The number of nitrogens with one attached hydrogen (secondary N) is 2. The van der Waals surface area contributed by atoms with Gasteiger partial charge in [0.05, 0.1) is 24.6 Å². The molecule has 5 heteroatoms. The SMILES string of the molecule is CCNC1COCC1C(=O)Nc1ccc2ncccc2c1. The third-order valence-electron chi connectivity index (χ3n) is 3.75. The number of benzene rings is 1. The lowest BCUT2D eigenvalue weighted by molar-refractivity contribution is -0.120. The highest BCUT2D eigenvalue weighted by Crippen LogP contribution is 2.20. The van der Waals surface area contributed by atoms with E-state index in [0.717, 1.165) is 23.1 Å². The Bertz CT molecular complexity index is 644. The molecule has 21 heavy (non-hydrogen) atoms. The van der Waals surface area contributed by atoms with Crippen LogP contribution in [0, 0.1) is 5.92 Å². The van der Waals surface area contributed by atoms with Crippen LogP contribution in [0.15, 0.2) is 36.5 Å². The molecule has 1 saturated heterocycles. The maximum Gasteiger partial charge on any atom is 0.231 e. The average Bonchev–Trinajstić information content (AvgIpc) is 2.96. The third kappa shape index (κ3) is 3.04. The van der Waals surface area contributed by atoms with Crippen molar-refractivity contribution in [2.75, 3.05) is 25.1 Å². The molecule has 1 aliphatic heterocycles. The van der Waals surface area contributed by atoms with E-state index in [0.29, 0.717) is 13.2 Å². The third-order valence-corrected chi connectivity index (χ3v) is 3.75. The topological polar surface area (TPSA) is 63.2 Å². The van der Waals surface area contributed by atoms with E-state index < -0.39 is 0 Å². The van der Waals surface area contributed by atoms with Gasteiger partial charge in [-0.05, 0) is 30.8 Å². The largest absolute Gasteiger partial charge is 0.379 e. The summed E-state index contributed by atoms with van der Waals surface area (Å²) in [5.74, 6) is -0.142. The van der Waals surface area contributed by atoms with Crippen molar-refractivity contribution in [1.82, 2.24) is 10.3 Å². The summed E-state index contributed by atoms with van der Waals surface area (Å²) in [5, 5.41) is 7.29. The van der Waals surface area contributed by atoms with Crippen LogP contribution in [-0.4, -0.2) is 36.7 Å². The van der Waals surface area contributed by atoms with Crippen molar-refractivity contribution >= 4 is 22.5 Å². The summed E-state index contributed by atoms with van der Waals surface area (Å²) in [6.07, 6.45) is 1.76. The van der Waals surface area contributed by atoms with E-state index in [9.17, 15) is 4.79 Å². The Hall–Kier alpha value is -1.98. The zero-order valence-corrected chi connectivity index (χ0v) is 12.0. The van der Waals surface area contributed by atoms with Gasteiger partial charge in [-0.15, -0.1) is 0 Å². The van der Waals surface area contributed by atoms with E-state index in [-0.39, 0.29) is 17.9 Å². The molecule has 110 valence electrons. The molecular weight excluding hydrogens is 266 g/mol. The van der Waals surface area contributed by atoms with Gasteiger partial charge in [-0.25, -0.2) is 0 Å². The van der Waals surface area contributed by atoms with Crippen LogP contribution in [-0.2, 0) is 9.53 Å². The summed E-state index contributed by atoms with van der Waals surface area (Å²) in [6, 6.07) is 9.71. The Balaban J connectivity index is 1.73. The Morgan fingerprint density at radius 2 is 2.29 bits per heavy atom. The summed E-state index contributed by atoms with van der Waals surface area (Å²) >= 11 is 0. The fraction of sp³-hybridized carbons (Fsp3) is 0.375. The number of fused-ring (bicyclic) bond motifs is 1. The Morgan fingerprint density at radius 3 is 3.14 bits per heavy atom. The highest BCUT2D eigenvalue weighted by atomic mass is 16.5. The van der Waals surface area contributed by atoms with E-state index in [1.807, 2.05) is 37.3 Å². The number of ether oxygens (including phenoxy) is 1. The predicted octanol–water partition coefficient (Wildman–Crippen LogP) is 1.80. The minimum atomic E-state index is -0.144. The second-order valence-electron chi connectivity index (χ2n) is 5.21. The highest BCUT2D eigenvalue weighted by Gasteiger charge is 2.33. The van der Waals surface area contributed by atoms with Crippen molar-refractivity contribution in [3.8, 4) is 0 Å². The average molecular weight is 285 g/mol. The highest BCUT2D eigenvalue weighted by molar-refractivity contribution is 5.95. The van der Waals surface area contributed by atoms with Crippen LogP contribution in [0.5, 0.6) is 0 Å². The number of anilines is 1. The Kier molecular flexibility index (Phi) is 4.13. The molecule has 1 aromatic heterocycles. The number of hydrogen-bond acceptors (Lipinski definition) is 4. The van der Waals surface area contributed by atoms with E-state index in [1.54, 1.807) is 6.20 Å². The first-order valence-electron chi connectivity index (χ1n) is 7.24. The van der Waals surface area contributed by atoms with Gasteiger partial charge in [0.25, 0.3) is 0 Å². The molecule has 2 N–H and O–H groups in total. The number of aromatic nitrogens is 1. The monoisotopic (exact) mass is 285 g/mol. The molecule has 5 nitrogen and oxygen atoms in total. The Labute approximate surface area is 123 Å². The molecule has 0 bridgehead atoms. The normalized spacial score (nSPS) is 21.6. The van der Waals surface area contributed by atoms with Crippen LogP contribution in [0.3, 0.4) is 0 Å². The second kappa shape index (κ2) is 6.20. The van der Waals surface area contributed by atoms with Crippen molar-refractivity contribution in [3.05, 3.63) is 36.5 Å². The van der Waals surface area contributed by atoms with Gasteiger partial charge in [0.1, 0.15) is 0 Å². The van der Waals surface area contributed by atoms with Crippen LogP contribution in [0.25, 0.3) is 10.9 Å². The minimum Gasteiger partial charge on any atom is -0.379 e. The molecule has 2 aromatic rings. The lowest BCUT2D eigenvalue weighted by atomic mass is 10.0. The fourth-order valence-electron chi connectivity index (χ4n) is 2.66. The maximum absolute atomic E-state index is 12.4. The molecule has 1 aromatic carbocycles. The molecule has 0 spiro atoms. The predicted molar refractivity (Wildman–Crippen MR) is 82.1 cm³/mol. The van der Waals surface area contributed by atoms with Crippen LogP contribution in [0.2, 0.25) is 0 Å². The summed E-state index contributed by atoms with van der Waals surface area (Å²) in [7, 11) is 0. The number of rotatable bonds is 4. The molecule has 0 radical (unpaired) electrons. The van der Waals surface area contributed by atoms with Gasteiger partial charge < -0.3 is 15.4 Å². The smallest absolute Gasteiger partial charge is 0.231 e. The summed E-state index contributed by atoms with van der Waals surface area (Å²) in [4.78, 5) is 16.7. The lowest BCUT2D eigenvalue weighted by Crippen LogP contribution is -2.41. The molecule has 2 atom stereocenters. The Morgan fingerprint density at radius 1 is 1.38 bits per heavy atom. The van der Waals surface area contributed by atoms with E-state index in [2.05, 4.69) is 15.6 Å². The second-order valence-corrected chi connectivity index (χ2v) is 5.21. The zero-order chi connectivity index (χ0) is 14.7. The first kappa shape index (κ1) is 14.0. The van der Waals surface area contributed by atoms with Crippen LogP contribution >= 0.6 is 0 Å². The molecule has 2 unspecified atom stereocenters. The number of carbonyl (C=O) groups excluding carboxylic acids is 1. The maximum atomic E-state index is 12.4. The number of amides is 1. The standard InChI is InChI=1S/C16H19N3O2/c1-2-17-15-10-21-9-13(15)16(20)19-12-5-6-14-11(8-12)4-3-7-18-14/h3-8,13,15,17H,2,9-10H2,1H3,(H,19,20). The van der Waals surface area contributed by atoms with Gasteiger partial charge >= 0.3 is 0 Å². The first-order chi connectivity index (χ1) is 10.3. The van der Waals surface area contributed by atoms with Crippen molar-refractivity contribution in [3.63, 3.8) is 0 Å². The van der Waals surface area contributed by atoms with Crippen LogP contribution in [0.1, 0.15) is 6.92 Å². The van der Waals surface area contributed by atoms with Crippen molar-refractivity contribution < 1.29 is 9.53 Å². The molecule has 2 heterocycles. The van der Waals surface area contributed by atoms with Gasteiger partial charge in [0.2, 0.25) is 5.91 Å². The van der Waals surface area contributed by atoms with E-state index >= 15 is 0 Å². The lowest BCUT2D eigenvalue weighted by Gasteiger charge is -2.17. The molecule has 1 aliphatic rings. The number of likely N-dealkylation sites (N-methyl/N-ethyl adjacent to an activating group) is 1.